The zero-order valence-electron chi connectivity index (χ0n) is 14.3. The fraction of sp³-hybridized carbons (Fsp3) is 0.412. The molecule has 136 valence electrons. The van der Waals surface area contributed by atoms with E-state index in [-0.39, 0.29) is 25.2 Å². The van der Waals surface area contributed by atoms with Gasteiger partial charge in [-0.2, -0.15) is 4.98 Å². The molecule has 1 aromatic carbocycles. The predicted octanol–water partition coefficient (Wildman–Crippen LogP) is 2.87. The van der Waals surface area contributed by atoms with Crippen molar-refractivity contribution in [2.75, 3.05) is 13.7 Å². The molecule has 8 nitrogen and oxygen atoms in total. The lowest BCUT2D eigenvalue weighted by atomic mass is 10.2. The van der Waals surface area contributed by atoms with E-state index in [4.69, 9.17) is 14.2 Å². The maximum Gasteiger partial charge on any atom is 0.318 e. The van der Waals surface area contributed by atoms with Crippen molar-refractivity contribution in [1.82, 2.24) is 25.3 Å². The highest BCUT2D eigenvalue weighted by Gasteiger charge is 2.32. The van der Waals surface area contributed by atoms with Crippen LogP contribution in [0.15, 0.2) is 28.8 Å². The Kier molecular flexibility index (Phi) is 4.81. The van der Waals surface area contributed by atoms with Crippen LogP contribution < -0.4 is 5.32 Å². The lowest BCUT2D eigenvalue weighted by Crippen LogP contribution is -2.39. The van der Waals surface area contributed by atoms with Crippen LogP contribution in [-0.2, 0) is 17.9 Å². The fourth-order valence-electron chi connectivity index (χ4n) is 3.10. The molecule has 2 aromatic heterocycles. The number of urea groups is 1. The number of para-hydroxylation sites is 1. The van der Waals surface area contributed by atoms with Crippen molar-refractivity contribution >= 4 is 27.6 Å². The first kappa shape index (κ1) is 16.9. The molecule has 1 atom stereocenters. The molecular weight excluding hydrogens is 354 g/mol. The summed E-state index contributed by atoms with van der Waals surface area (Å²) in [5.41, 5.74) is 0.983. The molecule has 1 N–H and O–H groups in total. The quantitative estimate of drug-likeness (QED) is 0.739. The Hall–Kier alpha value is -2.52. The zero-order valence-corrected chi connectivity index (χ0v) is 15.2. The average Bonchev–Trinajstić information content (AvgIpc) is 3.38. The van der Waals surface area contributed by atoms with Crippen molar-refractivity contribution in [3.63, 3.8) is 0 Å². The summed E-state index contributed by atoms with van der Waals surface area (Å²) in [4.78, 5) is 23.3. The zero-order chi connectivity index (χ0) is 17.9. The number of fused-ring (bicyclic) bond motifs is 1. The van der Waals surface area contributed by atoms with E-state index >= 15 is 0 Å². The van der Waals surface area contributed by atoms with Gasteiger partial charge in [-0.15, -0.1) is 11.3 Å². The van der Waals surface area contributed by atoms with Crippen molar-refractivity contribution in [3.05, 3.63) is 41.0 Å². The number of hydrogen-bond donors (Lipinski definition) is 1. The number of carbonyl (C=O) groups is 1. The maximum atomic E-state index is 12.6. The molecule has 1 aliphatic rings. The number of ether oxygens (including phenoxy) is 1. The summed E-state index contributed by atoms with van der Waals surface area (Å²) in [6.07, 6.45) is 1.89. The van der Waals surface area contributed by atoms with Gasteiger partial charge in [0.15, 0.2) is 5.82 Å². The van der Waals surface area contributed by atoms with Crippen molar-refractivity contribution < 1.29 is 14.1 Å². The van der Waals surface area contributed by atoms with Crippen LogP contribution >= 0.6 is 11.3 Å². The lowest BCUT2D eigenvalue weighted by molar-refractivity contribution is 0.174. The van der Waals surface area contributed by atoms with Gasteiger partial charge in [0.25, 0.3) is 0 Å². The molecule has 3 aromatic rings. The Balaban J connectivity index is 1.42. The summed E-state index contributed by atoms with van der Waals surface area (Å²) in [7, 11) is 1.56. The molecule has 1 aliphatic heterocycles. The van der Waals surface area contributed by atoms with E-state index in [1.54, 1.807) is 18.4 Å². The Bertz CT molecular complexity index is 876. The van der Waals surface area contributed by atoms with Crippen molar-refractivity contribution in [2.24, 2.45) is 0 Å². The molecule has 0 radical (unpaired) electrons. The van der Waals surface area contributed by atoms with E-state index in [0.717, 1.165) is 28.1 Å². The molecule has 0 saturated carbocycles. The Morgan fingerprint density at radius 2 is 2.31 bits per heavy atom. The van der Waals surface area contributed by atoms with Gasteiger partial charge in [-0.3, -0.25) is 0 Å². The molecule has 1 saturated heterocycles. The number of hydrogen-bond acceptors (Lipinski definition) is 7. The molecule has 0 aliphatic carbocycles. The lowest BCUT2D eigenvalue weighted by Gasteiger charge is -2.23. The normalized spacial score (nSPS) is 17.1. The van der Waals surface area contributed by atoms with Crippen LogP contribution in [0.2, 0.25) is 0 Å². The van der Waals surface area contributed by atoms with Gasteiger partial charge in [0.1, 0.15) is 11.6 Å². The second-order valence-electron chi connectivity index (χ2n) is 6.07. The Morgan fingerprint density at radius 1 is 1.42 bits per heavy atom. The SMILES string of the molecule is COCc1noc(CNC(=O)N2CCC[C@H]2c2nc3ccccc3s2)n1. The largest absolute Gasteiger partial charge is 0.377 e. The third kappa shape index (κ3) is 3.40. The smallest absolute Gasteiger partial charge is 0.318 e. The fourth-order valence-corrected chi connectivity index (χ4v) is 4.22. The standard InChI is InChI=1S/C17H19N5O3S/c1-24-10-14-20-15(25-21-14)9-18-17(23)22-8-4-6-12(22)16-19-11-5-2-3-7-13(11)26-16/h2-3,5,7,12H,4,6,8-10H2,1H3,(H,18,23)/t12-/m0/s1. The second-order valence-corrected chi connectivity index (χ2v) is 7.13. The van der Waals surface area contributed by atoms with E-state index in [9.17, 15) is 4.79 Å². The molecule has 0 spiro atoms. The number of rotatable bonds is 5. The number of amides is 2. The van der Waals surface area contributed by atoms with Gasteiger partial charge in [0.05, 0.1) is 22.8 Å². The first-order valence-electron chi connectivity index (χ1n) is 8.45. The van der Waals surface area contributed by atoms with Gasteiger partial charge < -0.3 is 19.5 Å². The van der Waals surface area contributed by atoms with Gasteiger partial charge in [-0.1, -0.05) is 17.3 Å². The third-order valence-electron chi connectivity index (χ3n) is 4.28. The maximum absolute atomic E-state index is 12.6. The average molecular weight is 373 g/mol. The molecule has 1 fully saturated rings. The number of thiazole rings is 1. The first-order valence-corrected chi connectivity index (χ1v) is 9.26. The van der Waals surface area contributed by atoms with E-state index in [1.807, 2.05) is 23.1 Å². The first-order chi connectivity index (χ1) is 12.7. The van der Waals surface area contributed by atoms with Gasteiger partial charge >= 0.3 is 6.03 Å². The number of carbonyl (C=O) groups excluding carboxylic acids is 1. The molecule has 26 heavy (non-hydrogen) atoms. The Morgan fingerprint density at radius 3 is 3.15 bits per heavy atom. The molecule has 0 bridgehead atoms. The van der Waals surface area contributed by atoms with E-state index < -0.39 is 0 Å². The van der Waals surface area contributed by atoms with Crippen molar-refractivity contribution in [2.45, 2.75) is 32.0 Å². The minimum atomic E-state index is -0.141. The summed E-state index contributed by atoms with van der Waals surface area (Å²) in [5.74, 6) is 0.825. The summed E-state index contributed by atoms with van der Waals surface area (Å²) < 4.78 is 11.2. The number of likely N-dealkylation sites (tertiary alicyclic amines) is 1. The second kappa shape index (κ2) is 7.38. The summed E-state index contributed by atoms with van der Waals surface area (Å²) in [5, 5.41) is 7.63. The van der Waals surface area contributed by atoms with Crippen LogP contribution in [0.4, 0.5) is 4.79 Å². The number of nitrogens with one attached hydrogen (secondary N) is 1. The van der Waals surface area contributed by atoms with Gasteiger partial charge in [-0.05, 0) is 25.0 Å². The highest BCUT2D eigenvalue weighted by Crippen LogP contribution is 2.36. The number of benzene rings is 1. The number of nitrogens with zero attached hydrogens (tertiary/aromatic N) is 4. The molecule has 2 amide bonds. The summed E-state index contributed by atoms with van der Waals surface area (Å²) in [6.45, 7) is 1.19. The highest BCUT2D eigenvalue weighted by molar-refractivity contribution is 7.18. The molecule has 9 heteroatoms. The van der Waals surface area contributed by atoms with E-state index in [2.05, 4.69) is 21.5 Å². The van der Waals surface area contributed by atoms with Gasteiger partial charge in [0, 0.05) is 13.7 Å². The highest BCUT2D eigenvalue weighted by atomic mass is 32.1. The van der Waals surface area contributed by atoms with Crippen molar-refractivity contribution in [1.29, 1.82) is 0 Å². The number of methoxy groups -OCH3 is 1. The predicted molar refractivity (Wildman–Crippen MR) is 95.5 cm³/mol. The number of aromatic nitrogens is 3. The van der Waals surface area contributed by atoms with E-state index in [1.165, 1.54) is 0 Å². The van der Waals surface area contributed by atoms with Gasteiger partial charge in [-0.25, -0.2) is 9.78 Å². The Labute approximate surface area is 154 Å². The molecule has 0 unspecified atom stereocenters. The van der Waals surface area contributed by atoms with Crippen LogP contribution in [0.25, 0.3) is 10.2 Å². The monoisotopic (exact) mass is 373 g/mol. The van der Waals surface area contributed by atoms with Crippen LogP contribution in [0.5, 0.6) is 0 Å². The summed E-state index contributed by atoms with van der Waals surface area (Å²) in [6, 6.07) is 7.92. The topological polar surface area (TPSA) is 93.4 Å². The van der Waals surface area contributed by atoms with Gasteiger partial charge in [0.2, 0.25) is 5.89 Å². The molecule has 3 heterocycles. The van der Waals surface area contributed by atoms with Crippen LogP contribution in [-0.4, -0.2) is 39.7 Å². The van der Waals surface area contributed by atoms with E-state index in [0.29, 0.717) is 18.3 Å². The van der Waals surface area contributed by atoms with Crippen LogP contribution in [0.1, 0.15) is 35.6 Å². The third-order valence-corrected chi connectivity index (χ3v) is 5.42. The van der Waals surface area contributed by atoms with Crippen molar-refractivity contribution in [3.8, 4) is 0 Å². The molecule has 4 rings (SSSR count). The minimum absolute atomic E-state index is 0.0131. The minimum Gasteiger partial charge on any atom is -0.377 e. The summed E-state index contributed by atoms with van der Waals surface area (Å²) >= 11 is 1.65. The van der Waals surface area contributed by atoms with Crippen LogP contribution in [0.3, 0.4) is 0 Å². The molecular formula is C17H19N5O3S. The van der Waals surface area contributed by atoms with Crippen LogP contribution in [0, 0.1) is 0 Å².